The standard InChI is InChI=1S/C14H21N5OS/c1-4-6-10-11(15)12(19-18-10)13(20)17-8(3)14-16-7-9(5-2)21-14/h7-8H,4-6,15H2,1-3H3,(H,17,20)(H,18,19). The number of nitrogens with one attached hydrogen (secondary N) is 2. The van der Waals surface area contributed by atoms with Gasteiger partial charge in [-0.05, 0) is 19.8 Å². The molecule has 0 aliphatic carbocycles. The maximum atomic E-state index is 12.2. The summed E-state index contributed by atoms with van der Waals surface area (Å²) in [5.74, 6) is -0.271. The van der Waals surface area contributed by atoms with Crippen molar-refractivity contribution in [1.29, 1.82) is 0 Å². The molecule has 0 fully saturated rings. The lowest BCUT2D eigenvalue weighted by Gasteiger charge is -2.10. The fraction of sp³-hybridized carbons (Fsp3) is 0.500. The molecule has 0 aromatic carbocycles. The lowest BCUT2D eigenvalue weighted by Crippen LogP contribution is -2.27. The topological polar surface area (TPSA) is 96.7 Å². The van der Waals surface area contributed by atoms with Crippen LogP contribution in [-0.4, -0.2) is 21.1 Å². The van der Waals surface area contributed by atoms with Crippen LogP contribution in [0.25, 0.3) is 0 Å². The highest BCUT2D eigenvalue weighted by Gasteiger charge is 2.20. The molecule has 2 aromatic rings. The van der Waals surface area contributed by atoms with Crippen LogP contribution in [0.2, 0.25) is 0 Å². The summed E-state index contributed by atoms with van der Waals surface area (Å²) >= 11 is 1.61. The number of rotatable bonds is 6. The number of hydrogen-bond donors (Lipinski definition) is 3. The van der Waals surface area contributed by atoms with E-state index in [4.69, 9.17) is 5.73 Å². The SMILES string of the molecule is CCCc1[nH]nc(C(=O)NC(C)c2ncc(CC)s2)c1N. The summed E-state index contributed by atoms with van der Waals surface area (Å²) in [6.45, 7) is 6.04. The Labute approximate surface area is 128 Å². The van der Waals surface area contributed by atoms with Gasteiger partial charge in [-0.3, -0.25) is 9.89 Å². The number of carbonyl (C=O) groups excluding carboxylic acids is 1. The molecule has 0 aliphatic heterocycles. The molecule has 2 aromatic heterocycles. The number of aromatic amines is 1. The molecule has 4 N–H and O–H groups in total. The van der Waals surface area contributed by atoms with Crippen molar-refractivity contribution < 1.29 is 4.79 Å². The average Bonchev–Trinajstić information content (AvgIpc) is 3.07. The Morgan fingerprint density at radius 2 is 2.29 bits per heavy atom. The Kier molecular flexibility index (Phi) is 4.95. The molecule has 0 aliphatic rings. The lowest BCUT2D eigenvalue weighted by atomic mass is 10.2. The summed E-state index contributed by atoms with van der Waals surface area (Å²) in [5, 5.41) is 10.6. The molecule has 1 unspecified atom stereocenters. The molecule has 1 amide bonds. The normalized spacial score (nSPS) is 12.3. The molecule has 0 saturated carbocycles. The van der Waals surface area contributed by atoms with Gasteiger partial charge in [-0.2, -0.15) is 5.10 Å². The van der Waals surface area contributed by atoms with E-state index in [1.54, 1.807) is 11.3 Å². The molecular formula is C14H21N5OS. The van der Waals surface area contributed by atoms with E-state index in [0.717, 1.165) is 30.0 Å². The van der Waals surface area contributed by atoms with Crippen molar-refractivity contribution in [2.75, 3.05) is 5.73 Å². The van der Waals surface area contributed by atoms with Crippen molar-refractivity contribution in [3.8, 4) is 0 Å². The highest BCUT2D eigenvalue weighted by molar-refractivity contribution is 7.11. The Bertz CT molecular complexity index is 619. The summed E-state index contributed by atoms with van der Waals surface area (Å²) in [7, 11) is 0. The van der Waals surface area contributed by atoms with E-state index >= 15 is 0 Å². The van der Waals surface area contributed by atoms with Crippen LogP contribution in [0.1, 0.15) is 59.3 Å². The number of thiazole rings is 1. The number of carbonyl (C=O) groups is 1. The number of nitrogens with zero attached hydrogens (tertiary/aromatic N) is 2. The summed E-state index contributed by atoms with van der Waals surface area (Å²) < 4.78 is 0. The van der Waals surface area contributed by atoms with E-state index in [0.29, 0.717) is 5.69 Å². The Hall–Kier alpha value is -1.89. The minimum atomic E-state index is -0.271. The van der Waals surface area contributed by atoms with Crippen molar-refractivity contribution in [2.24, 2.45) is 0 Å². The van der Waals surface area contributed by atoms with Crippen LogP contribution in [0.4, 0.5) is 5.69 Å². The second kappa shape index (κ2) is 6.71. The van der Waals surface area contributed by atoms with Gasteiger partial charge in [0.1, 0.15) is 5.01 Å². The van der Waals surface area contributed by atoms with E-state index in [1.807, 2.05) is 13.1 Å². The molecule has 2 heterocycles. The first-order valence-corrected chi connectivity index (χ1v) is 7.96. The molecule has 6 nitrogen and oxygen atoms in total. The van der Waals surface area contributed by atoms with E-state index in [9.17, 15) is 4.79 Å². The van der Waals surface area contributed by atoms with Crippen molar-refractivity contribution in [3.63, 3.8) is 0 Å². The minimum absolute atomic E-state index is 0.159. The predicted octanol–water partition coefficient (Wildman–Crippen LogP) is 2.45. The molecule has 0 spiro atoms. The van der Waals surface area contributed by atoms with Crippen LogP contribution in [0, 0.1) is 0 Å². The third-order valence-electron chi connectivity index (χ3n) is 3.24. The zero-order valence-corrected chi connectivity index (χ0v) is 13.4. The van der Waals surface area contributed by atoms with E-state index in [-0.39, 0.29) is 17.6 Å². The number of hydrogen-bond acceptors (Lipinski definition) is 5. The zero-order valence-electron chi connectivity index (χ0n) is 12.6. The van der Waals surface area contributed by atoms with Crippen molar-refractivity contribution in [1.82, 2.24) is 20.5 Å². The summed E-state index contributed by atoms with van der Waals surface area (Å²) in [6.07, 6.45) is 4.53. The average molecular weight is 307 g/mol. The second-order valence-corrected chi connectivity index (χ2v) is 6.07. The number of nitrogen functional groups attached to an aromatic ring is 1. The molecule has 114 valence electrons. The fourth-order valence-electron chi connectivity index (χ4n) is 2.01. The molecular weight excluding hydrogens is 286 g/mol. The van der Waals surface area contributed by atoms with Crippen LogP contribution in [0.15, 0.2) is 6.20 Å². The first kappa shape index (κ1) is 15.5. The van der Waals surface area contributed by atoms with Gasteiger partial charge in [0.15, 0.2) is 5.69 Å². The highest BCUT2D eigenvalue weighted by atomic mass is 32.1. The first-order valence-electron chi connectivity index (χ1n) is 7.14. The molecule has 0 radical (unpaired) electrons. The molecule has 0 saturated heterocycles. The van der Waals surface area contributed by atoms with E-state index in [2.05, 4.69) is 34.3 Å². The third-order valence-corrected chi connectivity index (χ3v) is 4.56. The molecule has 7 heteroatoms. The predicted molar refractivity (Wildman–Crippen MR) is 84.4 cm³/mol. The maximum Gasteiger partial charge on any atom is 0.274 e. The number of anilines is 1. The number of nitrogens with two attached hydrogens (primary N) is 1. The molecule has 1 atom stereocenters. The number of H-pyrrole nitrogens is 1. The molecule has 2 rings (SSSR count). The summed E-state index contributed by atoms with van der Waals surface area (Å²) in [5.41, 5.74) is 7.48. The van der Waals surface area contributed by atoms with Gasteiger partial charge in [0, 0.05) is 11.1 Å². The first-order chi connectivity index (χ1) is 10.1. The zero-order chi connectivity index (χ0) is 15.4. The Morgan fingerprint density at radius 1 is 1.52 bits per heavy atom. The summed E-state index contributed by atoms with van der Waals surface area (Å²) in [6, 6.07) is -0.159. The van der Waals surface area contributed by atoms with Gasteiger partial charge < -0.3 is 11.1 Å². The van der Waals surface area contributed by atoms with Gasteiger partial charge in [0.05, 0.1) is 17.4 Å². The second-order valence-electron chi connectivity index (χ2n) is 4.93. The van der Waals surface area contributed by atoms with Crippen LogP contribution in [0.3, 0.4) is 0 Å². The van der Waals surface area contributed by atoms with E-state index < -0.39 is 0 Å². The van der Waals surface area contributed by atoms with Crippen molar-refractivity contribution in [3.05, 3.63) is 27.5 Å². The molecule has 21 heavy (non-hydrogen) atoms. The van der Waals surface area contributed by atoms with Gasteiger partial charge in [-0.25, -0.2) is 4.98 Å². The quantitative estimate of drug-likeness (QED) is 0.763. The fourth-order valence-corrected chi connectivity index (χ4v) is 2.87. The maximum absolute atomic E-state index is 12.2. The van der Waals surface area contributed by atoms with Gasteiger partial charge in [-0.15, -0.1) is 11.3 Å². The number of amides is 1. The van der Waals surface area contributed by atoms with Crippen LogP contribution in [0.5, 0.6) is 0 Å². The number of aromatic nitrogens is 3. The third kappa shape index (κ3) is 3.41. The van der Waals surface area contributed by atoms with Crippen molar-refractivity contribution >= 4 is 22.9 Å². The monoisotopic (exact) mass is 307 g/mol. The van der Waals surface area contributed by atoms with Crippen LogP contribution < -0.4 is 11.1 Å². The molecule has 0 bridgehead atoms. The van der Waals surface area contributed by atoms with Gasteiger partial charge >= 0.3 is 0 Å². The largest absolute Gasteiger partial charge is 0.395 e. The van der Waals surface area contributed by atoms with Gasteiger partial charge in [-0.1, -0.05) is 20.3 Å². The Balaban J connectivity index is 2.07. The highest BCUT2D eigenvalue weighted by Crippen LogP contribution is 2.21. The summed E-state index contributed by atoms with van der Waals surface area (Å²) in [4.78, 5) is 17.8. The Morgan fingerprint density at radius 3 is 2.90 bits per heavy atom. The van der Waals surface area contributed by atoms with Gasteiger partial charge in [0.2, 0.25) is 0 Å². The van der Waals surface area contributed by atoms with Gasteiger partial charge in [0.25, 0.3) is 5.91 Å². The number of aryl methyl sites for hydroxylation is 2. The lowest BCUT2D eigenvalue weighted by molar-refractivity contribution is 0.0935. The van der Waals surface area contributed by atoms with Crippen LogP contribution in [-0.2, 0) is 12.8 Å². The minimum Gasteiger partial charge on any atom is -0.395 e. The van der Waals surface area contributed by atoms with Crippen LogP contribution >= 0.6 is 11.3 Å². The van der Waals surface area contributed by atoms with E-state index in [1.165, 1.54) is 4.88 Å². The smallest absolute Gasteiger partial charge is 0.274 e. The van der Waals surface area contributed by atoms with Crippen molar-refractivity contribution in [2.45, 2.75) is 46.1 Å².